The molecule has 0 spiro atoms. The molecule has 0 fully saturated rings. The average molecular weight is 228 g/mol. The number of esters is 1. The van der Waals surface area contributed by atoms with Crippen LogP contribution in [0.4, 0.5) is 0 Å². The third kappa shape index (κ3) is 1.61. The van der Waals surface area contributed by atoms with Crippen LogP contribution in [0.25, 0.3) is 0 Å². The second-order valence-electron chi connectivity index (χ2n) is 4.25. The van der Waals surface area contributed by atoms with Crippen LogP contribution < -0.4 is 0 Å². The summed E-state index contributed by atoms with van der Waals surface area (Å²) in [5.41, 5.74) is -3.63. The summed E-state index contributed by atoms with van der Waals surface area (Å²) in [6, 6.07) is 0. The number of carboxylic acid groups (broad SMARTS) is 1. The summed E-state index contributed by atoms with van der Waals surface area (Å²) < 4.78 is 4.83. The molecule has 0 aromatic carbocycles. The molecule has 0 saturated carbocycles. The molecule has 1 aliphatic heterocycles. The van der Waals surface area contributed by atoms with Gasteiger partial charge < -0.3 is 14.9 Å². The molecule has 0 radical (unpaired) electrons. The molecule has 1 heterocycles. The molecule has 5 heteroatoms. The topological polar surface area (TPSA) is 83.8 Å². The number of ether oxygens (including phenoxy) is 1. The Balaban J connectivity index is 3.35. The largest absolute Gasteiger partial charge is 0.480 e. The van der Waals surface area contributed by atoms with Gasteiger partial charge >= 0.3 is 11.9 Å². The molecule has 1 rings (SSSR count). The molecule has 2 N–H and O–H groups in total. The highest BCUT2D eigenvalue weighted by Crippen LogP contribution is 2.43. The van der Waals surface area contributed by atoms with Crippen molar-refractivity contribution in [1.82, 2.24) is 0 Å². The molecule has 16 heavy (non-hydrogen) atoms. The fourth-order valence-electron chi connectivity index (χ4n) is 2.13. The first-order valence-electron chi connectivity index (χ1n) is 5.15. The Morgan fingerprint density at radius 3 is 2.50 bits per heavy atom. The van der Waals surface area contributed by atoms with Crippen LogP contribution in [0, 0.1) is 5.41 Å². The van der Waals surface area contributed by atoms with Gasteiger partial charge in [-0.2, -0.15) is 0 Å². The normalized spacial score (nSPS) is 34.2. The quantitative estimate of drug-likeness (QED) is 0.557. The first-order chi connectivity index (χ1) is 7.28. The van der Waals surface area contributed by atoms with Gasteiger partial charge in [0.1, 0.15) is 11.4 Å². The van der Waals surface area contributed by atoms with Crippen molar-refractivity contribution in [3.05, 3.63) is 11.8 Å². The minimum atomic E-state index is -1.90. The standard InChI is InChI=1S/C11H16O5/c1-4-5-11(8(12)13)9(14)16-7(2)6-10(11,3)15/h6,15H,4-5H2,1-3H3,(H,12,13). The van der Waals surface area contributed by atoms with Crippen LogP contribution in [-0.2, 0) is 14.3 Å². The lowest BCUT2D eigenvalue weighted by Gasteiger charge is -2.40. The Hall–Kier alpha value is -1.36. The van der Waals surface area contributed by atoms with Gasteiger partial charge in [-0.15, -0.1) is 0 Å². The van der Waals surface area contributed by atoms with E-state index in [0.29, 0.717) is 6.42 Å². The maximum Gasteiger partial charge on any atom is 0.331 e. The zero-order valence-corrected chi connectivity index (χ0v) is 9.61. The second-order valence-corrected chi connectivity index (χ2v) is 4.25. The zero-order chi connectivity index (χ0) is 12.6. The number of aliphatic hydroxyl groups is 1. The van der Waals surface area contributed by atoms with Gasteiger partial charge in [0, 0.05) is 0 Å². The molecule has 0 aromatic rings. The van der Waals surface area contributed by atoms with Crippen molar-refractivity contribution in [2.75, 3.05) is 0 Å². The Labute approximate surface area is 93.7 Å². The van der Waals surface area contributed by atoms with E-state index in [4.69, 9.17) is 4.74 Å². The highest BCUT2D eigenvalue weighted by atomic mass is 16.5. The van der Waals surface area contributed by atoms with E-state index in [2.05, 4.69) is 0 Å². The summed E-state index contributed by atoms with van der Waals surface area (Å²) in [5.74, 6) is -2.03. The number of hydrogen-bond acceptors (Lipinski definition) is 4. The fourth-order valence-corrected chi connectivity index (χ4v) is 2.13. The van der Waals surface area contributed by atoms with Crippen LogP contribution in [-0.4, -0.2) is 27.8 Å². The molecule has 0 aromatic heterocycles. The van der Waals surface area contributed by atoms with Gasteiger partial charge in [-0.1, -0.05) is 13.3 Å². The predicted molar refractivity (Wildman–Crippen MR) is 55.4 cm³/mol. The Kier molecular flexibility index (Phi) is 3.10. The smallest absolute Gasteiger partial charge is 0.331 e. The van der Waals surface area contributed by atoms with E-state index in [1.807, 2.05) is 0 Å². The van der Waals surface area contributed by atoms with Crippen LogP contribution >= 0.6 is 0 Å². The highest BCUT2D eigenvalue weighted by Gasteiger charge is 2.61. The van der Waals surface area contributed by atoms with Crippen molar-refractivity contribution in [3.63, 3.8) is 0 Å². The third-order valence-electron chi connectivity index (χ3n) is 2.94. The van der Waals surface area contributed by atoms with Crippen molar-refractivity contribution in [2.24, 2.45) is 5.41 Å². The predicted octanol–water partition coefficient (Wildman–Crippen LogP) is 1.07. The lowest BCUT2D eigenvalue weighted by molar-refractivity contribution is -0.185. The molecule has 2 atom stereocenters. The molecule has 0 bridgehead atoms. The molecule has 2 unspecified atom stereocenters. The molecule has 0 amide bonds. The summed E-state index contributed by atoms with van der Waals surface area (Å²) >= 11 is 0. The fraction of sp³-hybridized carbons (Fsp3) is 0.636. The van der Waals surface area contributed by atoms with Crippen molar-refractivity contribution in [3.8, 4) is 0 Å². The van der Waals surface area contributed by atoms with E-state index < -0.39 is 23.0 Å². The van der Waals surface area contributed by atoms with Crippen molar-refractivity contribution >= 4 is 11.9 Å². The van der Waals surface area contributed by atoms with Gasteiger partial charge in [0.05, 0.1) is 0 Å². The van der Waals surface area contributed by atoms with Crippen LogP contribution in [0.15, 0.2) is 11.8 Å². The van der Waals surface area contributed by atoms with Crippen LogP contribution in [0.2, 0.25) is 0 Å². The molecule has 90 valence electrons. The number of aliphatic carboxylic acids is 1. The zero-order valence-electron chi connectivity index (χ0n) is 9.61. The van der Waals surface area contributed by atoms with Crippen molar-refractivity contribution < 1.29 is 24.5 Å². The Bertz CT molecular complexity index is 355. The van der Waals surface area contributed by atoms with Gasteiger partial charge in [-0.05, 0) is 26.3 Å². The molecule has 0 saturated heterocycles. The maximum absolute atomic E-state index is 11.8. The molecular formula is C11H16O5. The SMILES string of the molecule is CCCC1(C(=O)O)C(=O)OC(C)=CC1(C)O. The Morgan fingerprint density at radius 2 is 2.12 bits per heavy atom. The number of carbonyl (C=O) groups is 2. The first kappa shape index (κ1) is 12.7. The third-order valence-corrected chi connectivity index (χ3v) is 2.94. The van der Waals surface area contributed by atoms with Gasteiger partial charge in [-0.3, -0.25) is 9.59 Å². The van der Waals surface area contributed by atoms with E-state index in [-0.39, 0.29) is 12.2 Å². The summed E-state index contributed by atoms with van der Waals surface area (Å²) in [6.07, 6.45) is 1.78. The number of rotatable bonds is 3. The highest BCUT2D eigenvalue weighted by molar-refractivity contribution is 6.02. The minimum absolute atomic E-state index is 0.0396. The number of hydrogen-bond donors (Lipinski definition) is 2. The maximum atomic E-state index is 11.8. The monoisotopic (exact) mass is 228 g/mol. The van der Waals surface area contributed by atoms with E-state index >= 15 is 0 Å². The van der Waals surface area contributed by atoms with E-state index in [1.165, 1.54) is 19.9 Å². The van der Waals surface area contributed by atoms with Crippen LogP contribution in [0.3, 0.4) is 0 Å². The van der Waals surface area contributed by atoms with Gasteiger partial charge in [0.25, 0.3) is 0 Å². The van der Waals surface area contributed by atoms with Gasteiger partial charge in [0.15, 0.2) is 5.41 Å². The van der Waals surface area contributed by atoms with Gasteiger partial charge in [0.2, 0.25) is 0 Å². The van der Waals surface area contributed by atoms with E-state index in [0.717, 1.165) is 0 Å². The number of carboxylic acids is 1. The summed E-state index contributed by atoms with van der Waals surface area (Å²) in [4.78, 5) is 23.1. The molecule has 0 aliphatic carbocycles. The molecule has 1 aliphatic rings. The van der Waals surface area contributed by atoms with Crippen molar-refractivity contribution in [2.45, 2.75) is 39.2 Å². The Morgan fingerprint density at radius 1 is 1.56 bits per heavy atom. The van der Waals surface area contributed by atoms with Crippen LogP contribution in [0.1, 0.15) is 33.6 Å². The molecule has 5 nitrogen and oxygen atoms in total. The first-order valence-corrected chi connectivity index (χ1v) is 5.15. The molecular weight excluding hydrogens is 212 g/mol. The van der Waals surface area contributed by atoms with E-state index in [1.54, 1.807) is 6.92 Å². The number of allylic oxidation sites excluding steroid dienone is 1. The minimum Gasteiger partial charge on any atom is -0.480 e. The van der Waals surface area contributed by atoms with Crippen molar-refractivity contribution in [1.29, 1.82) is 0 Å². The lowest BCUT2D eigenvalue weighted by atomic mass is 9.68. The lowest BCUT2D eigenvalue weighted by Crippen LogP contribution is -2.58. The average Bonchev–Trinajstić information content (AvgIpc) is 2.09. The number of cyclic esters (lactones) is 1. The summed E-state index contributed by atoms with van der Waals surface area (Å²) in [5, 5.41) is 19.4. The van der Waals surface area contributed by atoms with Gasteiger partial charge in [-0.25, -0.2) is 0 Å². The summed E-state index contributed by atoms with van der Waals surface area (Å²) in [6.45, 7) is 4.57. The second kappa shape index (κ2) is 3.90. The summed E-state index contributed by atoms with van der Waals surface area (Å²) in [7, 11) is 0. The van der Waals surface area contributed by atoms with E-state index in [9.17, 15) is 19.8 Å². The van der Waals surface area contributed by atoms with Crippen LogP contribution in [0.5, 0.6) is 0 Å². The number of carbonyl (C=O) groups excluding carboxylic acids is 1.